The Kier molecular flexibility index (Phi) is 8.87. The van der Waals surface area contributed by atoms with Crippen LogP contribution >= 0.6 is 0 Å². The van der Waals surface area contributed by atoms with Gasteiger partial charge in [0.1, 0.15) is 0 Å². The van der Waals surface area contributed by atoms with Gasteiger partial charge in [-0.25, -0.2) is 0 Å². The number of allylic oxidation sites excluding steroid dienone is 2. The average molecular weight is 437 g/mol. The molecule has 168 valence electrons. The van der Waals surface area contributed by atoms with Gasteiger partial charge in [-0.3, -0.25) is 4.79 Å². The molecule has 0 N–H and O–H groups in total. The number of benzene rings is 2. The van der Waals surface area contributed by atoms with Crippen LogP contribution in [0.3, 0.4) is 0 Å². The molecule has 31 heavy (non-hydrogen) atoms. The number of ether oxygens (including phenoxy) is 1. The second-order valence-corrected chi connectivity index (χ2v) is 15.2. The fourth-order valence-corrected chi connectivity index (χ4v) is 7.15. The first-order valence-electron chi connectivity index (χ1n) is 11.4. The number of hydrogen-bond acceptors (Lipinski definition) is 2. The van der Waals surface area contributed by atoms with Crippen molar-refractivity contribution in [3.8, 4) is 0 Å². The van der Waals surface area contributed by atoms with Crippen molar-refractivity contribution in [1.82, 2.24) is 0 Å². The molecular weight excluding hydrogens is 396 g/mol. The molecule has 1 atom stereocenters. The summed E-state index contributed by atoms with van der Waals surface area (Å²) in [6.07, 6.45) is 9.50. The lowest BCUT2D eigenvalue weighted by molar-refractivity contribution is -0.143. The van der Waals surface area contributed by atoms with Crippen molar-refractivity contribution < 1.29 is 9.53 Å². The number of esters is 1. The highest BCUT2D eigenvalue weighted by atomic mass is 28.3. The van der Waals surface area contributed by atoms with Crippen LogP contribution in [0.15, 0.2) is 72.8 Å². The summed E-state index contributed by atoms with van der Waals surface area (Å²) in [6, 6.07) is 21.7. The maximum atomic E-state index is 11.9. The van der Waals surface area contributed by atoms with E-state index in [1.807, 2.05) is 0 Å². The van der Waals surface area contributed by atoms with Crippen LogP contribution in [0.2, 0.25) is 18.1 Å². The van der Waals surface area contributed by atoms with E-state index < -0.39 is 8.07 Å². The number of rotatable bonds is 11. The topological polar surface area (TPSA) is 26.3 Å². The largest absolute Gasteiger partial charge is 0.469 e. The van der Waals surface area contributed by atoms with Crippen LogP contribution in [0.25, 0.3) is 0 Å². The van der Waals surface area contributed by atoms with Crippen molar-refractivity contribution in [3.05, 3.63) is 78.4 Å². The van der Waals surface area contributed by atoms with Crippen LogP contribution in [0.1, 0.15) is 52.0 Å². The van der Waals surface area contributed by atoms with E-state index >= 15 is 0 Å². The number of aryl methyl sites for hydroxylation is 1. The number of carbonyl (C=O) groups is 1. The third-order valence-electron chi connectivity index (χ3n) is 7.02. The summed E-state index contributed by atoms with van der Waals surface area (Å²) in [4.78, 5) is 11.9. The van der Waals surface area contributed by atoms with Gasteiger partial charge in [-0.2, -0.15) is 0 Å². The summed E-state index contributed by atoms with van der Waals surface area (Å²) in [5.74, 6) is -0.121. The normalized spacial score (nSPS) is 14.4. The molecule has 0 aliphatic rings. The molecule has 2 rings (SSSR count). The van der Waals surface area contributed by atoms with Gasteiger partial charge in [0.15, 0.2) is 0 Å². The van der Waals surface area contributed by atoms with Crippen LogP contribution in [-0.2, 0) is 16.0 Å². The summed E-state index contributed by atoms with van der Waals surface area (Å²) in [5, 5.41) is 1.58. The lowest BCUT2D eigenvalue weighted by Crippen LogP contribution is -2.51. The molecule has 2 aromatic rings. The van der Waals surface area contributed by atoms with Crippen LogP contribution in [0.5, 0.6) is 0 Å². The maximum absolute atomic E-state index is 11.9. The number of hydrogen-bond donors (Lipinski definition) is 0. The zero-order chi connectivity index (χ0) is 23.0. The zero-order valence-corrected chi connectivity index (χ0v) is 21.3. The standard InChI is InChI=1S/C28H40O2Si/c1-27(2,23-26(29)30-4)21-22-28(3,31(5,6)25-18-11-8-12-19-25)20-14-13-17-24-15-9-7-10-16-24/h7-12,14-16,18-20H,13,17,21-23H2,1-6H3/b20-14-/t28-/m1/s1. The van der Waals surface area contributed by atoms with Gasteiger partial charge < -0.3 is 4.74 Å². The molecule has 3 heteroatoms. The van der Waals surface area contributed by atoms with E-state index in [9.17, 15) is 4.79 Å². The van der Waals surface area contributed by atoms with Crippen molar-refractivity contribution in [3.63, 3.8) is 0 Å². The van der Waals surface area contributed by atoms with Crippen LogP contribution < -0.4 is 5.19 Å². The number of methoxy groups -OCH3 is 1. The van der Waals surface area contributed by atoms with E-state index in [0.717, 1.165) is 25.7 Å². The summed E-state index contributed by atoms with van der Waals surface area (Å²) in [6.45, 7) is 11.8. The predicted molar refractivity (Wildman–Crippen MR) is 135 cm³/mol. The molecule has 0 amide bonds. The Morgan fingerprint density at radius 2 is 1.52 bits per heavy atom. The third-order valence-corrected chi connectivity index (χ3v) is 12.1. The van der Waals surface area contributed by atoms with Crippen molar-refractivity contribution >= 4 is 19.2 Å². The second-order valence-electron chi connectivity index (χ2n) is 10.3. The van der Waals surface area contributed by atoms with Crippen molar-refractivity contribution in [2.45, 2.75) is 71.0 Å². The molecular formula is C28H40O2Si. The van der Waals surface area contributed by atoms with Gasteiger partial charge in [0, 0.05) is 0 Å². The molecule has 0 saturated heterocycles. The molecule has 0 unspecified atom stereocenters. The minimum atomic E-state index is -1.81. The maximum Gasteiger partial charge on any atom is 0.306 e. The summed E-state index contributed by atoms with van der Waals surface area (Å²) < 4.78 is 4.93. The number of carbonyl (C=O) groups excluding carboxylic acids is 1. The molecule has 0 heterocycles. The average Bonchev–Trinajstić information content (AvgIpc) is 2.76. The molecule has 0 saturated carbocycles. The van der Waals surface area contributed by atoms with Crippen molar-refractivity contribution in [1.29, 1.82) is 0 Å². The molecule has 0 radical (unpaired) electrons. The van der Waals surface area contributed by atoms with Crippen LogP contribution in [-0.4, -0.2) is 21.2 Å². The Hall–Kier alpha value is -2.13. The van der Waals surface area contributed by atoms with Crippen molar-refractivity contribution in [2.24, 2.45) is 5.41 Å². The van der Waals surface area contributed by atoms with E-state index in [1.165, 1.54) is 17.9 Å². The van der Waals surface area contributed by atoms with E-state index in [2.05, 4.69) is 107 Å². The minimum absolute atomic E-state index is 0.0760. The fourth-order valence-electron chi connectivity index (χ4n) is 4.18. The van der Waals surface area contributed by atoms with Gasteiger partial charge in [0.2, 0.25) is 0 Å². The predicted octanol–water partition coefficient (Wildman–Crippen LogP) is 6.92. The highest BCUT2D eigenvalue weighted by molar-refractivity contribution is 6.92. The Balaban J connectivity index is 2.21. The SMILES string of the molecule is COC(=O)CC(C)(C)CC[C@@](C)(/C=C\CCc1ccccc1)[Si](C)(C)c1ccccc1. The Morgan fingerprint density at radius 1 is 0.935 bits per heavy atom. The quantitative estimate of drug-likeness (QED) is 0.217. The lowest BCUT2D eigenvalue weighted by atomic mass is 9.81. The molecule has 0 fully saturated rings. The first kappa shape index (κ1) is 25.1. The molecule has 0 spiro atoms. The first-order chi connectivity index (χ1) is 14.6. The summed E-state index contributed by atoms with van der Waals surface area (Å²) >= 11 is 0. The summed E-state index contributed by atoms with van der Waals surface area (Å²) in [5.41, 5.74) is 1.31. The molecule has 0 aliphatic carbocycles. The van der Waals surface area contributed by atoms with Gasteiger partial charge in [-0.1, -0.05) is 112 Å². The monoisotopic (exact) mass is 436 g/mol. The highest BCUT2D eigenvalue weighted by Crippen LogP contribution is 2.46. The van der Waals surface area contributed by atoms with Crippen LogP contribution in [0, 0.1) is 5.41 Å². The molecule has 2 nitrogen and oxygen atoms in total. The molecule has 0 bridgehead atoms. The van der Waals surface area contributed by atoms with Gasteiger partial charge in [0.25, 0.3) is 0 Å². The van der Waals surface area contributed by atoms with Gasteiger partial charge in [-0.05, 0) is 41.7 Å². The van der Waals surface area contributed by atoms with E-state index in [0.29, 0.717) is 6.42 Å². The molecule has 2 aromatic carbocycles. The van der Waals surface area contributed by atoms with E-state index in [1.54, 1.807) is 0 Å². The van der Waals surface area contributed by atoms with Gasteiger partial charge in [0.05, 0.1) is 21.6 Å². The third kappa shape index (κ3) is 7.21. The van der Waals surface area contributed by atoms with Crippen molar-refractivity contribution in [2.75, 3.05) is 7.11 Å². The second kappa shape index (κ2) is 10.9. The van der Waals surface area contributed by atoms with E-state index in [4.69, 9.17) is 4.74 Å². The smallest absolute Gasteiger partial charge is 0.306 e. The Bertz CT molecular complexity index is 840. The Morgan fingerprint density at radius 3 is 2.10 bits per heavy atom. The van der Waals surface area contributed by atoms with Crippen LogP contribution in [0.4, 0.5) is 0 Å². The zero-order valence-electron chi connectivity index (χ0n) is 20.3. The fraction of sp³-hybridized carbons (Fsp3) is 0.464. The summed E-state index contributed by atoms with van der Waals surface area (Å²) in [7, 11) is -0.338. The molecule has 0 aromatic heterocycles. The highest BCUT2D eigenvalue weighted by Gasteiger charge is 2.43. The molecule has 0 aliphatic heterocycles. The van der Waals surface area contributed by atoms with E-state index in [-0.39, 0.29) is 16.4 Å². The van der Waals surface area contributed by atoms with Gasteiger partial charge in [-0.15, -0.1) is 0 Å². The lowest BCUT2D eigenvalue weighted by Gasteiger charge is -2.43. The minimum Gasteiger partial charge on any atom is -0.469 e. The first-order valence-corrected chi connectivity index (χ1v) is 14.4. The van der Waals surface area contributed by atoms with Gasteiger partial charge >= 0.3 is 5.97 Å². The Labute approximate surface area is 190 Å².